The van der Waals surface area contributed by atoms with Crippen molar-refractivity contribution in [3.05, 3.63) is 29.8 Å². The third kappa shape index (κ3) is 6.26. The molecule has 0 bridgehead atoms. The van der Waals surface area contributed by atoms with Gasteiger partial charge in [0.1, 0.15) is 5.75 Å². The largest absolute Gasteiger partial charge is 0.496 e. The number of guanidine groups is 1. The van der Waals surface area contributed by atoms with Gasteiger partial charge >= 0.3 is 6.09 Å². The lowest BCUT2D eigenvalue weighted by molar-refractivity contribution is 0.0963. The zero-order chi connectivity index (χ0) is 22.1. The minimum atomic E-state index is -0.214. The number of piperidine rings is 1. The first-order valence-corrected chi connectivity index (χ1v) is 11.4. The maximum Gasteiger partial charge on any atom is 0.409 e. The van der Waals surface area contributed by atoms with Gasteiger partial charge in [-0.1, -0.05) is 18.2 Å². The molecule has 1 aromatic carbocycles. The third-order valence-corrected chi connectivity index (χ3v) is 6.13. The molecule has 2 heterocycles. The normalized spacial score (nSPS) is 19.2. The fourth-order valence-electron chi connectivity index (χ4n) is 4.43. The Bertz CT molecular complexity index is 728. The lowest BCUT2D eigenvalue weighted by Gasteiger charge is -2.33. The van der Waals surface area contributed by atoms with E-state index in [0.717, 1.165) is 44.2 Å². The van der Waals surface area contributed by atoms with Crippen LogP contribution in [0.4, 0.5) is 4.79 Å². The number of carbonyl (C=O) groups excluding carboxylic acids is 1. The van der Waals surface area contributed by atoms with E-state index in [1.165, 1.54) is 18.4 Å². The average molecular weight is 432 g/mol. The van der Waals surface area contributed by atoms with Gasteiger partial charge in [0.05, 0.1) is 19.8 Å². The van der Waals surface area contributed by atoms with Gasteiger partial charge < -0.3 is 25.0 Å². The SMILES string of the molecule is CCOC(=O)N1CCC(NC(=NC)NCC(c2ccccc2OC)N2CCCC2)CC1. The van der Waals surface area contributed by atoms with Crippen molar-refractivity contribution < 1.29 is 14.3 Å². The number of aliphatic imine (C=N–C) groups is 1. The first-order chi connectivity index (χ1) is 15.2. The van der Waals surface area contributed by atoms with E-state index in [1.54, 1.807) is 19.1 Å². The number of hydrogen-bond acceptors (Lipinski definition) is 5. The molecule has 1 aromatic rings. The van der Waals surface area contributed by atoms with Gasteiger partial charge in [0, 0.05) is 38.3 Å². The van der Waals surface area contributed by atoms with E-state index >= 15 is 0 Å². The molecule has 8 heteroatoms. The molecule has 1 atom stereocenters. The Balaban J connectivity index is 1.57. The predicted octanol–water partition coefficient (Wildman–Crippen LogP) is 2.62. The van der Waals surface area contributed by atoms with Crippen molar-refractivity contribution in [3.8, 4) is 5.75 Å². The fourth-order valence-corrected chi connectivity index (χ4v) is 4.43. The monoisotopic (exact) mass is 431 g/mol. The first-order valence-electron chi connectivity index (χ1n) is 11.4. The summed E-state index contributed by atoms with van der Waals surface area (Å²) in [5.41, 5.74) is 1.21. The summed E-state index contributed by atoms with van der Waals surface area (Å²) in [5, 5.41) is 7.07. The highest BCUT2D eigenvalue weighted by Crippen LogP contribution is 2.31. The molecule has 0 aliphatic carbocycles. The van der Waals surface area contributed by atoms with Crippen molar-refractivity contribution in [3.63, 3.8) is 0 Å². The molecule has 1 unspecified atom stereocenters. The molecular formula is C23H37N5O3. The van der Waals surface area contributed by atoms with Crippen molar-refractivity contribution >= 4 is 12.1 Å². The van der Waals surface area contributed by atoms with Crippen LogP contribution >= 0.6 is 0 Å². The van der Waals surface area contributed by atoms with Gasteiger partial charge in [-0.25, -0.2) is 4.79 Å². The standard InChI is InChI=1S/C23H37N5O3/c1-4-31-23(29)28-15-11-18(12-16-28)26-22(24-2)25-17-20(27-13-7-8-14-27)19-9-5-6-10-21(19)30-3/h5-6,9-10,18,20H,4,7-8,11-17H2,1-3H3,(H2,24,25,26). The number of rotatable bonds is 7. The highest BCUT2D eigenvalue weighted by Gasteiger charge is 2.27. The van der Waals surface area contributed by atoms with Crippen LogP contribution in [0.1, 0.15) is 44.2 Å². The summed E-state index contributed by atoms with van der Waals surface area (Å²) in [6.45, 7) is 6.60. The van der Waals surface area contributed by atoms with E-state index in [-0.39, 0.29) is 18.2 Å². The van der Waals surface area contributed by atoms with Crippen LogP contribution in [0.2, 0.25) is 0 Å². The lowest BCUT2D eigenvalue weighted by Crippen LogP contribution is -2.51. The summed E-state index contributed by atoms with van der Waals surface area (Å²) in [4.78, 5) is 20.7. The first kappa shape index (κ1) is 23.2. The number of benzene rings is 1. The third-order valence-electron chi connectivity index (χ3n) is 6.13. The van der Waals surface area contributed by atoms with E-state index in [0.29, 0.717) is 19.7 Å². The summed E-state index contributed by atoms with van der Waals surface area (Å²) < 4.78 is 10.8. The molecule has 2 fully saturated rings. The van der Waals surface area contributed by atoms with Crippen LogP contribution in [0.15, 0.2) is 29.3 Å². The Hall–Kier alpha value is -2.48. The van der Waals surface area contributed by atoms with Gasteiger partial charge in [0.25, 0.3) is 0 Å². The second-order valence-corrected chi connectivity index (χ2v) is 8.06. The van der Waals surface area contributed by atoms with E-state index in [2.05, 4.69) is 32.7 Å². The Morgan fingerprint density at radius 3 is 2.55 bits per heavy atom. The van der Waals surface area contributed by atoms with Crippen molar-refractivity contribution in [2.75, 3.05) is 53.5 Å². The predicted molar refractivity (Wildman–Crippen MR) is 123 cm³/mol. The number of likely N-dealkylation sites (tertiary alicyclic amines) is 2. The molecule has 2 saturated heterocycles. The van der Waals surface area contributed by atoms with E-state index < -0.39 is 0 Å². The molecule has 0 aromatic heterocycles. The van der Waals surface area contributed by atoms with Gasteiger partial charge in [0.15, 0.2) is 5.96 Å². The number of hydrogen-bond donors (Lipinski definition) is 2. The van der Waals surface area contributed by atoms with Crippen molar-refractivity contribution in [2.45, 2.75) is 44.7 Å². The van der Waals surface area contributed by atoms with Gasteiger partial charge in [-0.15, -0.1) is 0 Å². The maximum absolute atomic E-state index is 11.9. The van der Waals surface area contributed by atoms with E-state index in [4.69, 9.17) is 9.47 Å². The summed E-state index contributed by atoms with van der Waals surface area (Å²) in [6.07, 6.45) is 4.01. The Kier molecular flexibility index (Phi) is 8.82. The average Bonchev–Trinajstić information content (AvgIpc) is 3.34. The maximum atomic E-state index is 11.9. The fraction of sp³-hybridized carbons (Fsp3) is 0.652. The van der Waals surface area contributed by atoms with Gasteiger partial charge in [-0.2, -0.15) is 0 Å². The second-order valence-electron chi connectivity index (χ2n) is 8.06. The molecule has 3 rings (SSSR count). The van der Waals surface area contributed by atoms with Crippen LogP contribution in [0, 0.1) is 0 Å². The summed E-state index contributed by atoms with van der Waals surface area (Å²) in [7, 11) is 3.54. The van der Waals surface area contributed by atoms with Crippen LogP contribution in [0.25, 0.3) is 0 Å². The molecule has 0 saturated carbocycles. The Morgan fingerprint density at radius 1 is 1.19 bits per heavy atom. The molecule has 8 nitrogen and oxygen atoms in total. The number of carbonyl (C=O) groups is 1. The van der Waals surface area contributed by atoms with E-state index in [1.807, 2.05) is 19.1 Å². The van der Waals surface area contributed by atoms with Crippen LogP contribution in [-0.4, -0.2) is 81.4 Å². The highest BCUT2D eigenvalue weighted by molar-refractivity contribution is 5.80. The minimum absolute atomic E-state index is 0.214. The molecule has 31 heavy (non-hydrogen) atoms. The molecule has 2 aliphatic rings. The van der Waals surface area contributed by atoms with Gasteiger partial charge in [0.2, 0.25) is 0 Å². The number of nitrogens with zero attached hydrogens (tertiary/aromatic N) is 3. The molecule has 0 spiro atoms. The minimum Gasteiger partial charge on any atom is -0.496 e. The zero-order valence-corrected chi connectivity index (χ0v) is 19.1. The number of ether oxygens (including phenoxy) is 2. The molecule has 0 radical (unpaired) electrons. The highest BCUT2D eigenvalue weighted by atomic mass is 16.6. The quantitative estimate of drug-likeness (QED) is 0.510. The van der Waals surface area contributed by atoms with Crippen molar-refractivity contribution in [1.29, 1.82) is 0 Å². The second kappa shape index (κ2) is 11.8. The summed E-state index contributed by atoms with van der Waals surface area (Å²) in [5.74, 6) is 1.73. The smallest absolute Gasteiger partial charge is 0.409 e. The number of nitrogens with one attached hydrogen (secondary N) is 2. The summed E-state index contributed by atoms with van der Waals surface area (Å²) in [6, 6.07) is 8.79. The number of para-hydroxylation sites is 1. The lowest BCUT2D eigenvalue weighted by atomic mass is 10.0. The van der Waals surface area contributed by atoms with Crippen LogP contribution in [0.5, 0.6) is 5.75 Å². The van der Waals surface area contributed by atoms with E-state index in [9.17, 15) is 4.79 Å². The van der Waals surface area contributed by atoms with Crippen molar-refractivity contribution in [2.24, 2.45) is 4.99 Å². The van der Waals surface area contributed by atoms with Crippen molar-refractivity contribution in [1.82, 2.24) is 20.4 Å². The summed E-state index contributed by atoms with van der Waals surface area (Å²) >= 11 is 0. The van der Waals surface area contributed by atoms with Crippen LogP contribution in [0.3, 0.4) is 0 Å². The Labute approximate surface area is 186 Å². The molecule has 172 valence electrons. The zero-order valence-electron chi connectivity index (χ0n) is 19.1. The number of methoxy groups -OCH3 is 1. The molecule has 2 N–H and O–H groups in total. The molecular weight excluding hydrogens is 394 g/mol. The Morgan fingerprint density at radius 2 is 1.90 bits per heavy atom. The molecule has 2 aliphatic heterocycles. The van der Waals surface area contributed by atoms with Crippen LogP contribution < -0.4 is 15.4 Å². The molecule has 1 amide bonds. The topological polar surface area (TPSA) is 78.4 Å². The van der Waals surface area contributed by atoms with Gasteiger partial charge in [-0.3, -0.25) is 9.89 Å². The van der Waals surface area contributed by atoms with Crippen LogP contribution in [-0.2, 0) is 4.74 Å². The van der Waals surface area contributed by atoms with Gasteiger partial charge in [-0.05, 0) is 51.8 Å². The number of amides is 1.